The maximum atomic E-state index is 8.49. The number of hydrogen-bond acceptors (Lipinski definition) is 6. The molecule has 8 aromatic rings. The van der Waals surface area contributed by atoms with E-state index >= 15 is 0 Å². The van der Waals surface area contributed by atoms with Crippen LogP contribution in [0.3, 0.4) is 0 Å². The van der Waals surface area contributed by atoms with Crippen molar-refractivity contribution in [2.24, 2.45) is 0 Å². The molecule has 0 fully saturated rings. The normalized spacial score (nSPS) is 11.3. The molecule has 8 nitrogen and oxygen atoms in total. The molecule has 0 aliphatic rings. The van der Waals surface area contributed by atoms with Crippen LogP contribution >= 0.6 is 0 Å². The molecule has 0 aliphatic heterocycles. The van der Waals surface area contributed by atoms with Gasteiger partial charge in [0.05, 0.1) is 17.7 Å². The van der Waals surface area contributed by atoms with Crippen molar-refractivity contribution in [2.75, 3.05) is 0 Å². The summed E-state index contributed by atoms with van der Waals surface area (Å²) in [5.41, 5.74) is 8.91. The van der Waals surface area contributed by atoms with Crippen LogP contribution in [0.4, 0.5) is 0 Å². The molecule has 0 aliphatic carbocycles. The Hall–Kier alpha value is -5.60. The average molecular weight is 1160 g/mol. The maximum Gasteiger partial charge on any atom is 0.168 e. The third-order valence-electron chi connectivity index (χ3n) is 9.30. The molecule has 316 valence electrons. The van der Waals surface area contributed by atoms with Crippen molar-refractivity contribution in [1.82, 2.24) is 29.5 Å². The Balaban J connectivity index is 0.000000226. The van der Waals surface area contributed by atoms with E-state index in [4.69, 9.17) is 10.2 Å². The number of aliphatic hydroxyl groups is 2. The topological polar surface area (TPSA) is 102 Å². The zero-order valence-corrected chi connectivity index (χ0v) is 39.9. The average Bonchev–Trinajstić information content (AvgIpc) is 3.92. The van der Waals surface area contributed by atoms with E-state index in [0.29, 0.717) is 0 Å². The molecule has 0 spiro atoms. The van der Waals surface area contributed by atoms with E-state index < -0.39 is 6.10 Å². The van der Waals surface area contributed by atoms with Crippen molar-refractivity contribution in [2.45, 2.75) is 59.5 Å². The van der Waals surface area contributed by atoms with Gasteiger partial charge in [0.1, 0.15) is 11.6 Å². The summed E-state index contributed by atoms with van der Waals surface area (Å²) in [7, 11) is 0. The van der Waals surface area contributed by atoms with Crippen LogP contribution in [0.1, 0.15) is 65.0 Å². The van der Waals surface area contributed by atoms with Crippen molar-refractivity contribution in [3.63, 3.8) is 0 Å². The predicted octanol–water partition coefficient (Wildman–Crippen LogP) is 12.1. The molecule has 0 saturated carbocycles. The van der Waals surface area contributed by atoms with E-state index in [1.165, 1.54) is 35.3 Å². The van der Waals surface area contributed by atoms with Crippen LogP contribution in [-0.2, 0) is 40.2 Å². The van der Waals surface area contributed by atoms with E-state index in [-0.39, 0.29) is 57.8 Å². The molecule has 8 rings (SSSR count). The van der Waals surface area contributed by atoms with Gasteiger partial charge in [-0.25, -0.2) is 0 Å². The van der Waals surface area contributed by atoms with Crippen molar-refractivity contribution in [3.8, 4) is 56.4 Å². The second-order valence-corrected chi connectivity index (χ2v) is 14.8. The Morgan fingerprint density at radius 3 is 1.31 bits per heavy atom. The fourth-order valence-electron chi connectivity index (χ4n) is 6.59. The van der Waals surface area contributed by atoms with Crippen LogP contribution in [0, 0.1) is 6.07 Å². The monoisotopic (exact) mass is 1170 g/mol. The summed E-state index contributed by atoms with van der Waals surface area (Å²) in [5.74, 6) is 4.31. The minimum atomic E-state index is -0.537. The Labute approximate surface area is 386 Å². The van der Waals surface area contributed by atoms with Crippen molar-refractivity contribution in [1.29, 1.82) is 0 Å². The number of aliphatic hydroxyl groups excluding tert-OH is 2. The number of hydrogen-bond donors (Lipinski definition) is 2. The number of nitrogens with zero attached hydrogens (tertiary/aromatic N) is 6. The van der Waals surface area contributed by atoms with Gasteiger partial charge in [-0.3, -0.25) is 4.57 Å². The maximum absolute atomic E-state index is 8.49. The fraction of sp³-hybridized carbons (Fsp3) is 0.176. The van der Waals surface area contributed by atoms with Gasteiger partial charge in [-0.2, -0.15) is 5.10 Å². The molecule has 0 bridgehead atoms. The molecular weight excluding hydrogens is 1110 g/mol. The SMILES string of the molecule is CC(C)c1nnc(-c2[c-]cccc2)n1-c1cccc(-c2ccccc2)c1.CC(C)c1nnc(-c2ccccc2)n1-c1cccc(-c2ccccc2)c1.CC(O)=CC(C)O.[Ir].[Ir]. The van der Waals surface area contributed by atoms with Gasteiger partial charge in [-0.05, 0) is 66.4 Å². The van der Waals surface area contributed by atoms with Gasteiger partial charge in [-0.15, -0.1) is 51.2 Å². The van der Waals surface area contributed by atoms with Crippen molar-refractivity contribution in [3.05, 3.63) is 193 Å². The summed E-state index contributed by atoms with van der Waals surface area (Å²) in [5, 5.41) is 34.8. The first-order chi connectivity index (χ1) is 28.6. The van der Waals surface area contributed by atoms with E-state index in [9.17, 15) is 0 Å². The standard InChI is InChI=1S/C23H21N3.C23H20N3.C5H10O2.2Ir/c2*1-17(2)22-24-25-23(19-12-7-4-8-13-19)26(22)21-15-9-14-20(16-21)18-10-5-3-6-11-18;1-4(6)3-5(2)7;;/h3-17H,1-2H3;3-12,14-17H,1-2H3;3-4,6-7H,1-2H3;;/q;-1;;;. The van der Waals surface area contributed by atoms with Crippen molar-refractivity contribution >= 4 is 0 Å². The van der Waals surface area contributed by atoms with Gasteiger partial charge in [0.25, 0.3) is 0 Å². The minimum Gasteiger partial charge on any atom is -0.513 e. The third kappa shape index (κ3) is 12.7. The summed E-state index contributed by atoms with van der Waals surface area (Å²) in [6.07, 6.45) is 0.824. The van der Waals surface area contributed by atoms with Gasteiger partial charge in [-0.1, -0.05) is 143 Å². The van der Waals surface area contributed by atoms with Gasteiger partial charge < -0.3 is 14.8 Å². The zero-order chi connectivity index (χ0) is 41.7. The van der Waals surface area contributed by atoms with Crippen LogP contribution in [0.15, 0.2) is 176 Å². The van der Waals surface area contributed by atoms with Gasteiger partial charge in [0, 0.05) is 69.0 Å². The second-order valence-electron chi connectivity index (χ2n) is 14.8. The second kappa shape index (κ2) is 23.4. The minimum absolute atomic E-state index is 0. The summed E-state index contributed by atoms with van der Waals surface area (Å²) in [6.45, 7) is 11.7. The number of benzene rings is 6. The first-order valence-electron chi connectivity index (χ1n) is 19.9. The Kier molecular flexibility index (Phi) is 18.4. The first-order valence-corrected chi connectivity index (χ1v) is 19.9. The molecule has 61 heavy (non-hydrogen) atoms. The molecule has 1 unspecified atom stereocenters. The van der Waals surface area contributed by atoms with Crippen molar-refractivity contribution < 1.29 is 50.4 Å². The van der Waals surface area contributed by atoms with Crippen LogP contribution < -0.4 is 0 Å². The molecule has 0 amide bonds. The third-order valence-corrected chi connectivity index (χ3v) is 9.30. The summed E-state index contributed by atoms with van der Waals surface area (Å²) >= 11 is 0. The molecule has 1 atom stereocenters. The largest absolute Gasteiger partial charge is 0.513 e. The fourth-order valence-corrected chi connectivity index (χ4v) is 6.59. The molecule has 2 aromatic heterocycles. The van der Waals surface area contributed by atoms with E-state index in [2.05, 4.69) is 172 Å². The smallest absolute Gasteiger partial charge is 0.168 e. The molecule has 6 aromatic carbocycles. The summed E-state index contributed by atoms with van der Waals surface area (Å²) < 4.78 is 4.31. The Morgan fingerprint density at radius 2 is 0.918 bits per heavy atom. The van der Waals surface area contributed by atoms with E-state index in [0.717, 1.165) is 45.8 Å². The molecule has 0 saturated heterocycles. The van der Waals surface area contributed by atoms with Gasteiger partial charge in [0.15, 0.2) is 5.82 Å². The quantitative estimate of drug-likeness (QED) is 0.110. The molecule has 2 N–H and O–H groups in total. The van der Waals surface area contributed by atoms with Gasteiger partial charge >= 0.3 is 0 Å². The van der Waals surface area contributed by atoms with E-state index in [1.54, 1.807) is 6.92 Å². The predicted molar refractivity (Wildman–Crippen MR) is 240 cm³/mol. The number of aromatic nitrogens is 6. The molecule has 2 heterocycles. The van der Waals surface area contributed by atoms with Crippen LogP contribution in [-0.4, -0.2) is 45.8 Å². The van der Waals surface area contributed by atoms with Gasteiger partial charge in [0.2, 0.25) is 0 Å². The summed E-state index contributed by atoms with van der Waals surface area (Å²) in [6, 6.07) is 59.3. The zero-order valence-electron chi connectivity index (χ0n) is 35.1. The van der Waals surface area contributed by atoms with Crippen LogP contribution in [0.25, 0.3) is 56.4 Å². The van der Waals surface area contributed by atoms with Crippen LogP contribution in [0.2, 0.25) is 0 Å². The summed E-state index contributed by atoms with van der Waals surface area (Å²) in [4.78, 5) is 0. The number of rotatable bonds is 9. The molecule has 10 heteroatoms. The van der Waals surface area contributed by atoms with Crippen LogP contribution in [0.5, 0.6) is 0 Å². The molecule has 2 radical (unpaired) electrons. The Morgan fingerprint density at radius 1 is 0.508 bits per heavy atom. The Bertz CT molecular complexity index is 2380. The number of allylic oxidation sites excluding steroid dienone is 1. The molecular formula is C51H51Ir2N6O2-. The first kappa shape index (κ1) is 48.1. The van der Waals surface area contributed by atoms with E-state index in [1.807, 2.05) is 54.6 Å².